The summed E-state index contributed by atoms with van der Waals surface area (Å²) >= 11 is 0. The van der Waals surface area contributed by atoms with E-state index in [1.54, 1.807) is 0 Å². The fraction of sp³-hybridized carbons (Fsp3) is 0.625. The number of rotatable bonds is 3. The van der Waals surface area contributed by atoms with Crippen molar-refractivity contribution in [2.45, 2.75) is 25.7 Å². The van der Waals surface area contributed by atoms with Crippen LogP contribution >= 0.6 is 0 Å². The van der Waals surface area contributed by atoms with Gasteiger partial charge >= 0.3 is 0 Å². The number of piperidine rings is 1. The molecule has 19 heavy (non-hydrogen) atoms. The van der Waals surface area contributed by atoms with Crippen molar-refractivity contribution in [3.63, 3.8) is 0 Å². The van der Waals surface area contributed by atoms with Gasteiger partial charge in [-0.3, -0.25) is 0 Å². The number of hydrogen-bond acceptors (Lipinski definition) is 3. The Morgan fingerprint density at radius 3 is 3.00 bits per heavy atom. The molecule has 0 bridgehead atoms. The van der Waals surface area contributed by atoms with Gasteiger partial charge in [0.2, 0.25) is 0 Å². The van der Waals surface area contributed by atoms with Crippen LogP contribution in [0.25, 0.3) is 0 Å². The van der Waals surface area contributed by atoms with Gasteiger partial charge in [-0.05, 0) is 68.5 Å². The van der Waals surface area contributed by atoms with Gasteiger partial charge in [-0.25, -0.2) is 0 Å². The Kier molecular flexibility index (Phi) is 3.92. The number of nitrogens with one attached hydrogen (secondary N) is 1. The lowest BCUT2D eigenvalue weighted by molar-refractivity contribution is 0.288. The van der Waals surface area contributed by atoms with Crippen LogP contribution in [0.4, 0.5) is 5.69 Å². The molecule has 3 rings (SSSR count). The summed E-state index contributed by atoms with van der Waals surface area (Å²) in [5.74, 6) is 1.92. The minimum atomic E-state index is 0.832. The lowest BCUT2D eigenvalue weighted by atomic mass is 9.97. The van der Waals surface area contributed by atoms with E-state index in [1.165, 1.54) is 43.7 Å². The van der Waals surface area contributed by atoms with E-state index in [0.29, 0.717) is 0 Å². The molecule has 0 aliphatic carbocycles. The molecule has 0 unspecified atom stereocenters. The second-order valence-electron chi connectivity index (χ2n) is 5.82. The SMILES string of the molecule is CN(CC1CCNCC1)c1ccc2c(c1)CCCO2. The highest BCUT2D eigenvalue weighted by Crippen LogP contribution is 2.29. The highest BCUT2D eigenvalue weighted by molar-refractivity contribution is 5.53. The van der Waals surface area contributed by atoms with Crippen molar-refractivity contribution >= 4 is 5.69 Å². The monoisotopic (exact) mass is 260 g/mol. The normalized spacial score (nSPS) is 19.6. The Hall–Kier alpha value is -1.22. The molecule has 0 aromatic heterocycles. The average molecular weight is 260 g/mol. The second kappa shape index (κ2) is 5.83. The lowest BCUT2D eigenvalue weighted by Crippen LogP contribution is -2.34. The lowest BCUT2D eigenvalue weighted by Gasteiger charge is -2.29. The van der Waals surface area contributed by atoms with E-state index in [2.05, 4.69) is 35.5 Å². The van der Waals surface area contributed by atoms with Crippen molar-refractivity contribution in [2.75, 3.05) is 38.2 Å². The van der Waals surface area contributed by atoms with E-state index in [0.717, 1.165) is 31.1 Å². The van der Waals surface area contributed by atoms with Gasteiger partial charge in [0.25, 0.3) is 0 Å². The third-order valence-corrected chi connectivity index (χ3v) is 4.32. The molecule has 2 heterocycles. The first kappa shape index (κ1) is 12.8. The summed E-state index contributed by atoms with van der Waals surface area (Å²) in [6.45, 7) is 4.39. The highest BCUT2D eigenvalue weighted by Gasteiger charge is 2.17. The van der Waals surface area contributed by atoms with Gasteiger partial charge in [-0.2, -0.15) is 0 Å². The molecule has 1 N–H and O–H groups in total. The van der Waals surface area contributed by atoms with Crippen LogP contribution in [0.5, 0.6) is 5.75 Å². The predicted octanol–water partition coefficient (Wildman–Crippen LogP) is 2.45. The zero-order valence-electron chi connectivity index (χ0n) is 11.8. The molecule has 0 radical (unpaired) electrons. The van der Waals surface area contributed by atoms with Gasteiger partial charge in [0, 0.05) is 19.3 Å². The maximum atomic E-state index is 5.68. The summed E-state index contributed by atoms with van der Waals surface area (Å²) in [4.78, 5) is 2.41. The number of hydrogen-bond donors (Lipinski definition) is 1. The fourth-order valence-corrected chi connectivity index (χ4v) is 3.14. The van der Waals surface area contributed by atoms with Crippen LogP contribution in [0, 0.1) is 5.92 Å². The smallest absolute Gasteiger partial charge is 0.122 e. The topological polar surface area (TPSA) is 24.5 Å². The Morgan fingerprint density at radius 2 is 2.16 bits per heavy atom. The minimum absolute atomic E-state index is 0.832. The Morgan fingerprint density at radius 1 is 1.32 bits per heavy atom. The number of benzene rings is 1. The minimum Gasteiger partial charge on any atom is -0.493 e. The zero-order valence-corrected chi connectivity index (χ0v) is 11.8. The number of aryl methyl sites for hydroxylation is 1. The van der Waals surface area contributed by atoms with Crippen LogP contribution in [-0.4, -0.2) is 33.3 Å². The van der Waals surface area contributed by atoms with E-state index >= 15 is 0 Å². The van der Waals surface area contributed by atoms with Crippen molar-refractivity contribution < 1.29 is 4.74 Å². The molecule has 0 saturated carbocycles. The average Bonchev–Trinajstić information content (AvgIpc) is 2.48. The third kappa shape index (κ3) is 3.03. The molecular weight excluding hydrogens is 236 g/mol. The van der Waals surface area contributed by atoms with Crippen LogP contribution < -0.4 is 15.0 Å². The van der Waals surface area contributed by atoms with Crippen molar-refractivity contribution in [1.82, 2.24) is 5.32 Å². The molecule has 3 nitrogen and oxygen atoms in total. The second-order valence-corrected chi connectivity index (χ2v) is 5.82. The highest BCUT2D eigenvalue weighted by atomic mass is 16.5. The number of nitrogens with zero attached hydrogens (tertiary/aromatic N) is 1. The van der Waals surface area contributed by atoms with Crippen LogP contribution in [0.3, 0.4) is 0 Å². The van der Waals surface area contributed by atoms with E-state index in [9.17, 15) is 0 Å². The maximum absolute atomic E-state index is 5.68. The Bertz CT molecular complexity index is 427. The summed E-state index contributed by atoms with van der Waals surface area (Å²) in [6, 6.07) is 6.66. The largest absolute Gasteiger partial charge is 0.493 e. The van der Waals surface area contributed by atoms with Crippen molar-refractivity contribution in [3.05, 3.63) is 23.8 Å². The van der Waals surface area contributed by atoms with E-state index in [1.807, 2.05) is 0 Å². The Labute approximate surface area is 115 Å². The number of ether oxygens (including phenoxy) is 1. The van der Waals surface area contributed by atoms with E-state index in [4.69, 9.17) is 4.74 Å². The summed E-state index contributed by atoms with van der Waals surface area (Å²) in [7, 11) is 2.22. The number of fused-ring (bicyclic) bond motifs is 1. The summed E-state index contributed by atoms with van der Waals surface area (Å²) in [5, 5.41) is 3.43. The molecule has 2 aliphatic heterocycles. The molecule has 104 valence electrons. The van der Waals surface area contributed by atoms with Gasteiger partial charge in [0.1, 0.15) is 5.75 Å². The molecule has 1 fully saturated rings. The molecule has 0 amide bonds. The molecular formula is C16H24N2O. The molecule has 3 heteroatoms. The van der Waals surface area contributed by atoms with E-state index in [-0.39, 0.29) is 0 Å². The Balaban J connectivity index is 1.67. The van der Waals surface area contributed by atoms with Crippen molar-refractivity contribution in [3.8, 4) is 5.75 Å². The van der Waals surface area contributed by atoms with Crippen LogP contribution in [0.15, 0.2) is 18.2 Å². The molecule has 2 aliphatic rings. The number of anilines is 1. The summed E-state index contributed by atoms with van der Waals surface area (Å²) in [5.41, 5.74) is 2.71. The quantitative estimate of drug-likeness (QED) is 0.903. The van der Waals surface area contributed by atoms with Crippen LogP contribution in [0.1, 0.15) is 24.8 Å². The van der Waals surface area contributed by atoms with E-state index < -0.39 is 0 Å². The fourth-order valence-electron chi connectivity index (χ4n) is 3.14. The first-order valence-electron chi connectivity index (χ1n) is 7.50. The molecule has 0 spiro atoms. The van der Waals surface area contributed by atoms with Crippen molar-refractivity contribution in [1.29, 1.82) is 0 Å². The van der Waals surface area contributed by atoms with Gasteiger partial charge in [-0.15, -0.1) is 0 Å². The predicted molar refractivity (Wildman–Crippen MR) is 79.1 cm³/mol. The van der Waals surface area contributed by atoms with Gasteiger partial charge in [-0.1, -0.05) is 0 Å². The first-order chi connectivity index (χ1) is 9.33. The summed E-state index contributed by atoms with van der Waals surface area (Å²) in [6.07, 6.45) is 4.91. The van der Waals surface area contributed by atoms with Crippen LogP contribution in [-0.2, 0) is 6.42 Å². The van der Waals surface area contributed by atoms with Gasteiger partial charge in [0.05, 0.1) is 6.61 Å². The van der Waals surface area contributed by atoms with Crippen LogP contribution in [0.2, 0.25) is 0 Å². The molecule has 0 atom stereocenters. The molecule has 1 aromatic carbocycles. The first-order valence-corrected chi connectivity index (χ1v) is 7.50. The van der Waals surface area contributed by atoms with Gasteiger partial charge in [0.15, 0.2) is 0 Å². The summed E-state index contributed by atoms with van der Waals surface area (Å²) < 4.78 is 5.68. The molecule has 1 saturated heterocycles. The standard InChI is InChI=1S/C16H24N2O/c1-18(12-13-6-8-17-9-7-13)15-4-5-16-14(11-15)3-2-10-19-16/h4-5,11,13,17H,2-3,6-10,12H2,1H3. The van der Waals surface area contributed by atoms with Crippen molar-refractivity contribution in [2.24, 2.45) is 5.92 Å². The molecule has 1 aromatic rings. The zero-order chi connectivity index (χ0) is 13.1. The maximum Gasteiger partial charge on any atom is 0.122 e. The third-order valence-electron chi connectivity index (χ3n) is 4.32. The van der Waals surface area contributed by atoms with Gasteiger partial charge < -0.3 is 15.0 Å².